The summed E-state index contributed by atoms with van der Waals surface area (Å²) in [5, 5.41) is 43.8. The lowest BCUT2D eigenvalue weighted by Crippen LogP contribution is -2.39. The summed E-state index contributed by atoms with van der Waals surface area (Å²) in [4.78, 5) is 4.58. The van der Waals surface area contributed by atoms with E-state index in [1.165, 1.54) is 180 Å². The Balaban J connectivity index is 4.55. The smallest absolute Gasteiger partial charge is 0.0667 e. The molecular formula is C58H120N2O6. The van der Waals surface area contributed by atoms with E-state index in [1.807, 2.05) is 0 Å². The van der Waals surface area contributed by atoms with Crippen molar-refractivity contribution in [2.45, 2.75) is 309 Å². The van der Waals surface area contributed by atoms with Crippen LogP contribution < -0.4 is 0 Å². The van der Waals surface area contributed by atoms with Gasteiger partial charge in [0.1, 0.15) is 0 Å². The van der Waals surface area contributed by atoms with Gasteiger partial charge in [0.15, 0.2) is 0 Å². The lowest BCUT2D eigenvalue weighted by molar-refractivity contribution is 0.0482. The summed E-state index contributed by atoms with van der Waals surface area (Å²) in [6.07, 6.45) is 46.7. The predicted octanol–water partition coefficient (Wildman–Crippen LogP) is 14.8. The molecule has 0 aromatic carbocycles. The summed E-state index contributed by atoms with van der Waals surface area (Å²) in [6, 6.07) is 0. The van der Waals surface area contributed by atoms with Crippen molar-refractivity contribution in [1.82, 2.24) is 9.80 Å². The van der Waals surface area contributed by atoms with Crippen molar-refractivity contribution < 1.29 is 29.9 Å². The Kier molecular flexibility index (Phi) is 53.8. The lowest BCUT2D eigenvalue weighted by Gasteiger charge is -2.27. The van der Waals surface area contributed by atoms with Gasteiger partial charge >= 0.3 is 0 Å². The number of aliphatic hydroxyl groups is 4. The number of aliphatic hydroxyl groups excluding tert-OH is 4. The van der Waals surface area contributed by atoms with Gasteiger partial charge in [-0.3, -0.25) is 9.80 Å². The van der Waals surface area contributed by atoms with E-state index < -0.39 is 0 Å². The highest BCUT2D eigenvalue weighted by Gasteiger charge is 2.17. The summed E-state index contributed by atoms with van der Waals surface area (Å²) in [7, 11) is 0. The topological polar surface area (TPSA) is 106 Å². The van der Waals surface area contributed by atoms with Crippen LogP contribution in [-0.4, -0.2) is 120 Å². The average molecular weight is 942 g/mol. The minimum absolute atomic E-state index is 0.336. The molecule has 398 valence electrons. The van der Waals surface area contributed by atoms with Crippen LogP contribution in [0.1, 0.15) is 285 Å². The van der Waals surface area contributed by atoms with Crippen LogP contribution in [0.5, 0.6) is 0 Å². The van der Waals surface area contributed by atoms with Crippen LogP contribution in [0.4, 0.5) is 0 Å². The first-order valence-corrected chi connectivity index (χ1v) is 29.7. The van der Waals surface area contributed by atoms with E-state index >= 15 is 0 Å². The second-order valence-electron chi connectivity index (χ2n) is 20.8. The van der Waals surface area contributed by atoms with Gasteiger partial charge in [-0.2, -0.15) is 0 Å². The van der Waals surface area contributed by atoms with E-state index in [0.717, 1.165) is 103 Å². The molecule has 0 saturated carbocycles. The van der Waals surface area contributed by atoms with Gasteiger partial charge in [0.25, 0.3) is 0 Å². The Bertz CT molecular complexity index is 774. The van der Waals surface area contributed by atoms with E-state index in [2.05, 4.69) is 37.5 Å². The van der Waals surface area contributed by atoms with E-state index in [-0.39, 0.29) is 24.4 Å². The Morgan fingerprint density at radius 1 is 0.258 bits per heavy atom. The molecule has 0 aromatic rings. The Morgan fingerprint density at radius 2 is 0.455 bits per heavy atom. The maximum absolute atomic E-state index is 11.0. The summed E-state index contributed by atoms with van der Waals surface area (Å²) in [5.74, 6) is 0. The maximum atomic E-state index is 11.0. The summed E-state index contributed by atoms with van der Waals surface area (Å²) < 4.78 is 12.1. The fourth-order valence-electron chi connectivity index (χ4n) is 9.52. The van der Waals surface area contributed by atoms with Crippen molar-refractivity contribution >= 4 is 0 Å². The molecule has 4 atom stereocenters. The second-order valence-corrected chi connectivity index (χ2v) is 20.8. The van der Waals surface area contributed by atoms with E-state index in [0.29, 0.717) is 39.4 Å². The highest BCUT2D eigenvalue weighted by molar-refractivity contribution is 4.72. The number of ether oxygens (including phenoxy) is 2. The van der Waals surface area contributed by atoms with Crippen molar-refractivity contribution in [1.29, 1.82) is 0 Å². The van der Waals surface area contributed by atoms with Gasteiger partial charge in [-0.1, -0.05) is 233 Å². The molecule has 0 fully saturated rings. The molecule has 4 unspecified atom stereocenters. The maximum Gasteiger partial charge on any atom is 0.0667 e. The molecule has 0 saturated heterocycles. The molecule has 0 aliphatic carbocycles. The van der Waals surface area contributed by atoms with Gasteiger partial charge < -0.3 is 29.9 Å². The van der Waals surface area contributed by atoms with Crippen LogP contribution in [-0.2, 0) is 9.47 Å². The fourth-order valence-corrected chi connectivity index (χ4v) is 9.52. The summed E-state index contributed by atoms with van der Waals surface area (Å²) in [6.45, 7) is 16.2. The SMILES string of the molecule is CCCCCCCCCCC(O)CN(CCCOCCCCOCCCN(CC(O)CCCCCCCCCC)CC(O)CCCCCCCCCC)CC(O)CCCCCCCCCC. The van der Waals surface area contributed by atoms with Crippen LogP contribution in [0.25, 0.3) is 0 Å². The number of unbranched alkanes of at least 4 members (excludes halogenated alkanes) is 29. The molecule has 0 aliphatic heterocycles. The molecule has 0 aromatic heterocycles. The molecule has 0 bridgehead atoms. The van der Waals surface area contributed by atoms with Crippen molar-refractivity contribution in [3.8, 4) is 0 Å². The van der Waals surface area contributed by atoms with E-state index in [1.54, 1.807) is 0 Å². The fraction of sp³-hybridized carbons (Fsp3) is 1.00. The van der Waals surface area contributed by atoms with Crippen molar-refractivity contribution in [3.05, 3.63) is 0 Å². The molecular weight excluding hydrogens is 821 g/mol. The zero-order valence-electron chi connectivity index (χ0n) is 45.2. The predicted molar refractivity (Wildman–Crippen MR) is 286 cm³/mol. The molecule has 8 heteroatoms. The minimum atomic E-state index is -0.336. The number of rotatable bonds is 57. The highest BCUT2D eigenvalue weighted by Crippen LogP contribution is 2.16. The van der Waals surface area contributed by atoms with Gasteiger partial charge in [-0.05, 0) is 51.4 Å². The first-order chi connectivity index (χ1) is 32.4. The van der Waals surface area contributed by atoms with E-state index in [9.17, 15) is 20.4 Å². The first-order valence-electron chi connectivity index (χ1n) is 29.7. The standard InChI is InChI=1S/C58H120N2O6/c1-5-9-13-17-21-25-29-33-41-55(61)51-59(52-56(62)42-34-30-26-22-18-14-10-6-2)45-39-49-65-47-37-38-48-66-50-40-46-60(53-57(63)43-35-31-27-23-19-15-11-7-3)54-58(64)44-36-32-28-24-20-16-12-8-4/h55-58,61-64H,5-54H2,1-4H3. The van der Waals surface area contributed by atoms with Crippen LogP contribution >= 0.6 is 0 Å². The Hall–Kier alpha value is -0.320. The zero-order valence-corrected chi connectivity index (χ0v) is 45.2. The molecule has 0 aliphatic rings. The van der Waals surface area contributed by atoms with Crippen molar-refractivity contribution in [3.63, 3.8) is 0 Å². The third kappa shape index (κ3) is 50.1. The second kappa shape index (κ2) is 54.0. The number of nitrogens with zero attached hydrogens (tertiary/aromatic N) is 2. The first kappa shape index (κ1) is 65.7. The normalized spacial score (nSPS) is 13.9. The molecule has 0 spiro atoms. The van der Waals surface area contributed by atoms with Gasteiger partial charge in [-0.15, -0.1) is 0 Å². The van der Waals surface area contributed by atoms with Crippen LogP contribution in [0.15, 0.2) is 0 Å². The minimum Gasteiger partial charge on any atom is -0.392 e. The third-order valence-electron chi connectivity index (χ3n) is 13.8. The highest BCUT2D eigenvalue weighted by atomic mass is 16.5. The van der Waals surface area contributed by atoms with E-state index in [4.69, 9.17) is 9.47 Å². The van der Waals surface area contributed by atoms with Crippen LogP contribution in [0, 0.1) is 0 Å². The van der Waals surface area contributed by atoms with Crippen molar-refractivity contribution in [2.24, 2.45) is 0 Å². The molecule has 0 rings (SSSR count). The largest absolute Gasteiger partial charge is 0.392 e. The third-order valence-corrected chi connectivity index (χ3v) is 13.8. The lowest BCUT2D eigenvalue weighted by atomic mass is 10.0. The molecule has 0 amide bonds. The summed E-state index contributed by atoms with van der Waals surface area (Å²) in [5.41, 5.74) is 0. The van der Waals surface area contributed by atoms with Gasteiger partial charge in [0.2, 0.25) is 0 Å². The molecule has 0 heterocycles. The average Bonchev–Trinajstić information content (AvgIpc) is 3.30. The molecule has 66 heavy (non-hydrogen) atoms. The monoisotopic (exact) mass is 941 g/mol. The molecule has 4 N–H and O–H groups in total. The van der Waals surface area contributed by atoms with Gasteiger partial charge in [0, 0.05) is 65.7 Å². The quantitative estimate of drug-likeness (QED) is 0.0447. The summed E-state index contributed by atoms with van der Waals surface area (Å²) >= 11 is 0. The van der Waals surface area contributed by atoms with Gasteiger partial charge in [-0.25, -0.2) is 0 Å². The zero-order chi connectivity index (χ0) is 48.2. The Morgan fingerprint density at radius 3 is 0.682 bits per heavy atom. The number of hydrogen-bond acceptors (Lipinski definition) is 8. The van der Waals surface area contributed by atoms with Crippen LogP contribution in [0.3, 0.4) is 0 Å². The molecule has 0 radical (unpaired) electrons. The van der Waals surface area contributed by atoms with Gasteiger partial charge in [0.05, 0.1) is 24.4 Å². The molecule has 8 nitrogen and oxygen atoms in total. The Labute approximate surface area is 412 Å². The van der Waals surface area contributed by atoms with Crippen LogP contribution in [0.2, 0.25) is 0 Å². The number of hydrogen-bond donors (Lipinski definition) is 4. The van der Waals surface area contributed by atoms with Crippen molar-refractivity contribution in [2.75, 3.05) is 65.7 Å².